The molecule has 1 aromatic carbocycles. The molecule has 0 saturated carbocycles. The zero-order valence-corrected chi connectivity index (χ0v) is 12.9. The normalized spacial score (nSPS) is 14.6. The molecule has 0 radical (unpaired) electrons. The molecule has 1 N–H and O–H groups in total. The minimum absolute atomic E-state index is 0.0355. The first-order valence-corrected chi connectivity index (χ1v) is 7.77. The molecule has 1 aromatic heterocycles. The summed E-state index contributed by atoms with van der Waals surface area (Å²) in [6.45, 7) is 3.81. The van der Waals surface area contributed by atoms with Gasteiger partial charge in [0, 0.05) is 18.2 Å². The van der Waals surface area contributed by atoms with Gasteiger partial charge in [-0.2, -0.15) is 0 Å². The molecule has 1 atom stereocenters. The van der Waals surface area contributed by atoms with Crippen molar-refractivity contribution in [1.29, 1.82) is 0 Å². The van der Waals surface area contributed by atoms with Crippen molar-refractivity contribution in [2.45, 2.75) is 25.8 Å². The van der Waals surface area contributed by atoms with Gasteiger partial charge in [-0.15, -0.1) is 0 Å². The molecule has 1 aliphatic heterocycles. The van der Waals surface area contributed by atoms with Crippen molar-refractivity contribution in [2.75, 3.05) is 13.2 Å². The molecule has 0 amide bonds. The molecular formula is C17H19ClN2O. The van der Waals surface area contributed by atoms with Gasteiger partial charge in [-0.3, -0.25) is 4.98 Å². The topological polar surface area (TPSA) is 34.1 Å². The largest absolute Gasteiger partial charge is 0.493 e. The molecule has 2 heterocycles. The fourth-order valence-electron chi connectivity index (χ4n) is 2.72. The first-order chi connectivity index (χ1) is 10.3. The van der Waals surface area contributed by atoms with Gasteiger partial charge in [0.05, 0.1) is 23.4 Å². The third kappa shape index (κ3) is 2.89. The minimum atomic E-state index is -0.0355. The molecule has 0 fully saturated rings. The van der Waals surface area contributed by atoms with Crippen molar-refractivity contribution in [1.82, 2.24) is 10.3 Å². The van der Waals surface area contributed by atoms with E-state index in [1.54, 1.807) is 6.20 Å². The molecule has 0 bridgehead atoms. The molecule has 0 aliphatic carbocycles. The van der Waals surface area contributed by atoms with Crippen LogP contribution in [0.15, 0.2) is 36.5 Å². The highest BCUT2D eigenvalue weighted by molar-refractivity contribution is 6.31. The highest BCUT2D eigenvalue weighted by atomic mass is 35.5. The maximum Gasteiger partial charge on any atom is 0.127 e. The first kappa shape index (κ1) is 14.4. The molecule has 3 nitrogen and oxygen atoms in total. The number of fused-ring (bicyclic) bond motifs is 1. The van der Waals surface area contributed by atoms with Crippen LogP contribution in [0.3, 0.4) is 0 Å². The van der Waals surface area contributed by atoms with Gasteiger partial charge in [0.2, 0.25) is 0 Å². The van der Waals surface area contributed by atoms with Gasteiger partial charge in [-0.25, -0.2) is 0 Å². The summed E-state index contributed by atoms with van der Waals surface area (Å²) < 4.78 is 5.84. The van der Waals surface area contributed by atoms with Crippen molar-refractivity contribution >= 4 is 11.6 Å². The van der Waals surface area contributed by atoms with Gasteiger partial charge >= 0.3 is 0 Å². The zero-order valence-electron chi connectivity index (χ0n) is 12.1. The number of nitrogens with zero attached hydrogens (tertiary/aromatic N) is 1. The number of hydrogen-bond acceptors (Lipinski definition) is 3. The molecule has 0 saturated heterocycles. The summed E-state index contributed by atoms with van der Waals surface area (Å²) >= 11 is 6.36. The first-order valence-electron chi connectivity index (χ1n) is 7.39. The van der Waals surface area contributed by atoms with E-state index in [0.29, 0.717) is 5.02 Å². The van der Waals surface area contributed by atoms with Gasteiger partial charge in [0.25, 0.3) is 0 Å². The maximum absolute atomic E-state index is 6.36. The zero-order chi connectivity index (χ0) is 14.7. The number of rotatable bonds is 5. The Balaban J connectivity index is 2.04. The van der Waals surface area contributed by atoms with Crippen LogP contribution in [0.2, 0.25) is 5.02 Å². The SMILES string of the molecule is CCCNC(c1cccc2c1OCC2)c1ncccc1Cl. The number of ether oxygens (including phenoxy) is 1. The van der Waals surface area contributed by atoms with E-state index in [0.717, 1.165) is 43.0 Å². The van der Waals surface area contributed by atoms with E-state index in [-0.39, 0.29) is 6.04 Å². The van der Waals surface area contributed by atoms with E-state index >= 15 is 0 Å². The summed E-state index contributed by atoms with van der Waals surface area (Å²) in [4.78, 5) is 4.48. The predicted molar refractivity (Wildman–Crippen MR) is 85.0 cm³/mol. The standard InChI is InChI=1S/C17H19ClN2O/c1-2-9-19-15(16-14(18)7-4-10-20-16)13-6-3-5-12-8-11-21-17(12)13/h3-7,10,15,19H,2,8-9,11H2,1H3. The number of pyridine rings is 1. The fourth-order valence-corrected chi connectivity index (χ4v) is 2.95. The average Bonchev–Trinajstić information content (AvgIpc) is 2.98. The summed E-state index contributed by atoms with van der Waals surface area (Å²) in [5.74, 6) is 0.993. The summed E-state index contributed by atoms with van der Waals surface area (Å²) in [6.07, 6.45) is 3.81. The van der Waals surface area contributed by atoms with Crippen LogP contribution in [-0.2, 0) is 6.42 Å². The van der Waals surface area contributed by atoms with Crippen LogP contribution in [0.5, 0.6) is 5.75 Å². The molecule has 2 aromatic rings. The van der Waals surface area contributed by atoms with Crippen molar-refractivity contribution in [3.8, 4) is 5.75 Å². The van der Waals surface area contributed by atoms with Crippen molar-refractivity contribution in [3.63, 3.8) is 0 Å². The molecule has 21 heavy (non-hydrogen) atoms. The number of aromatic nitrogens is 1. The lowest BCUT2D eigenvalue weighted by molar-refractivity contribution is 0.350. The Morgan fingerprint density at radius 2 is 2.24 bits per heavy atom. The number of halogens is 1. The molecule has 1 aliphatic rings. The van der Waals surface area contributed by atoms with Crippen LogP contribution in [-0.4, -0.2) is 18.1 Å². The van der Waals surface area contributed by atoms with E-state index in [1.807, 2.05) is 12.1 Å². The predicted octanol–water partition coefficient (Wildman–Crippen LogP) is 3.76. The van der Waals surface area contributed by atoms with Gasteiger partial charge in [-0.1, -0.05) is 36.7 Å². The summed E-state index contributed by atoms with van der Waals surface area (Å²) in [5.41, 5.74) is 3.25. The van der Waals surface area contributed by atoms with Crippen LogP contribution in [0.25, 0.3) is 0 Å². The lowest BCUT2D eigenvalue weighted by atomic mass is 9.98. The molecule has 110 valence electrons. The Bertz CT molecular complexity index is 630. The van der Waals surface area contributed by atoms with Gasteiger partial charge in [0.1, 0.15) is 5.75 Å². The quantitative estimate of drug-likeness (QED) is 0.913. The van der Waals surface area contributed by atoms with Crippen LogP contribution in [0.1, 0.15) is 36.2 Å². The summed E-state index contributed by atoms with van der Waals surface area (Å²) in [5, 5.41) is 4.23. The number of benzene rings is 1. The Morgan fingerprint density at radius 3 is 3.05 bits per heavy atom. The van der Waals surface area contributed by atoms with E-state index in [1.165, 1.54) is 5.56 Å². The van der Waals surface area contributed by atoms with Crippen molar-refractivity contribution < 1.29 is 4.74 Å². The molecule has 0 spiro atoms. The third-order valence-electron chi connectivity index (χ3n) is 3.71. The van der Waals surface area contributed by atoms with Crippen LogP contribution < -0.4 is 10.1 Å². The lowest BCUT2D eigenvalue weighted by Crippen LogP contribution is -2.24. The molecular weight excluding hydrogens is 284 g/mol. The Morgan fingerprint density at radius 1 is 1.33 bits per heavy atom. The highest BCUT2D eigenvalue weighted by Crippen LogP contribution is 2.37. The smallest absolute Gasteiger partial charge is 0.127 e. The molecule has 1 unspecified atom stereocenters. The van der Waals surface area contributed by atoms with E-state index in [4.69, 9.17) is 16.3 Å². The van der Waals surface area contributed by atoms with Crippen LogP contribution in [0, 0.1) is 0 Å². The van der Waals surface area contributed by atoms with Gasteiger partial charge in [-0.05, 0) is 30.7 Å². The molecule has 4 heteroatoms. The second kappa shape index (κ2) is 6.46. The number of nitrogens with one attached hydrogen (secondary N) is 1. The highest BCUT2D eigenvalue weighted by Gasteiger charge is 2.25. The second-order valence-electron chi connectivity index (χ2n) is 5.19. The summed E-state index contributed by atoms with van der Waals surface area (Å²) in [6, 6.07) is 10.0. The van der Waals surface area contributed by atoms with Crippen LogP contribution in [0.4, 0.5) is 0 Å². The summed E-state index contributed by atoms with van der Waals surface area (Å²) in [7, 11) is 0. The number of para-hydroxylation sites is 1. The van der Waals surface area contributed by atoms with Crippen molar-refractivity contribution in [2.24, 2.45) is 0 Å². The Kier molecular flexibility index (Phi) is 4.42. The van der Waals surface area contributed by atoms with E-state index in [2.05, 4.69) is 35.4 Å². The van der Waals surface area contributed by atoms with Gasteiger partial charge < -0.3 is 10.1 Å². The lowest BCUT2D eigenvalue weighted by Gasteiger charge is -2.21. The van der Waals surface area contributed by atoms with E-state index in [9.17, 15) is 0 Å². The van der Waals surface area contributed by atoms with E-state index < -0.39 is 0 Å². The van der Waals surface area contributed by atoms with Crippen molar-refractivity contribution in [3.05, 3.63) is 58.4 Å². The average molecular weight is 303 g/mol. The second-order valence-corrected chi connectivity index (χ2v) is 5.60. The monoisotopic (exact) mass is 302 g/mol. The van der Waals surface area contributed by atoms with Crippen LogP contribution >= 0.6 is 11.6 Å². The Labute approximate surface area is 130 Å². The van der Waals surface area contributed by atoms with Gasteiger partial charge in [0.15, 0.2) is 0 Å². The third-order valence-corrected chi connectivity index (χ3v) is 4.03. The minimum Gasteiger partial charge on any atom is -0.493 e. The molecule has 3 rings (SSSR count). The fraction of sp³-hybridized carbons (Fsp3) is 0.353. The Hall–Kier alpha value is -1.58. The number of hydrogen-bond donors (Lipinski definition) is 1. The maximum atomic E-state index is 6.36.